The minimum atomic E-state index is -0.429. The maximum Gasteiger partial charge on any atom is 0.272 e. The molecule has 4 rings (SSSR count). The van der Waals surface area contributed by atoms with E-state index in [1.165, 1.54) is 6.07 Å². The minimum Gasteiger partial charge on any atom is -0.396 e. The highest BCUT2D eigenvalue weighted by atomic mass is 19.1. The molecule has 2 aliphatic rings. The van der Waals surface area contributed by atoms with Crippen LogP contribution in [0.4, 0.5) is 4.39 Å². The van der Waals surface area contributed by atoms with Crippen LogP contribution >= 0.6 is 0 Å². The maximum absolute atomic E-state index is 14.0. The Kier molecular flexibility index (Phi) is 5.33. The average Bonchev–Trinajstić information content (AvgIpc) is 3.11. The van der Waals surface area contributed by atoms with Crippen LogP contribution in [0.1, 0.15) is 10.5 Å². The zero-order valence-electron chi connectivity index (χ0n) is 15.2. The lowest BCUT2D eigenvalue weighted by atomic mass is 9.96. The van der Waals surface area contributed by atoms with Gasteiger partial charge in [0.2, 0.25) is 0 Å². The van der Waals surface area contributed by atoms with Crippen LogP contribution < -0.4 is 0 Å². The number of halogens is 1. The van der Waals surface area contributed by atoms with Crippen LogP contribution in [0.15, 0.2) is 30.3 Å². The van der Waals surface area contributed by atoms with Gasteiger partial charge in [-0.05, 0) is 18.1 Å². The largest absolute Gasteiger partial charge is 0.396 e. The number of aromatic nitrogens is 1. The number of hydrogen-bond acceptors (Lipinski definition) is 5. The van der Waals surface area contributed by atoms with Crippen molar-refractivity contribution in [2.75, 3.05) is 52.5 Å². The molecule has 2 aliphatic heterocycles. The average molecular weight is 373 g/mol. The number of carbonyl (C=O) groups is 1. The molecule has 1 N–H and O–H groups in total. The molecule has 0 aliphatic carbocycles. The van der Waals surface area contributed by atoms with E-state index in [0.29, 0.717) is 18.5 Å². The Morgan fingerprint density at radius 3 is 2.74 bits per heavy atom. The van der Waals surface area contributed by atoms with Crippen molar-refractivity contribution in [1.29, 1.82) is 0 Å². The van der Waals surface area contributed by atoms with Gasteiger partial charge in [-0.2, -0.15) is 0 Å². The van der Waals surface area contributed by atoms with Crippen LogP contribution in [0.25, 0.3) is 10.9 Å². The van der Waals surface area contributed by atoms with E-state index in [2.05, 4.69) is 9.88 Å². The number of para-hydroxylation sites is 1. The fraction of sp³-hybridized carbons (Fsp3) is 0.500. The Hall–Kier alpha value is -2.09. The van der Waals surface area contributed by atoms with Crippen molar-refractivity contribution in [3.8, 4) is 0 Å². The van der Waals surface area contributed by atoms with Crippen LogP contribution in [0.2, 0.25) is 0 Å². The van der Waals surface area contributed by atoms with Crippen molar-refractivity contribution < 1.29 is 19.0 Å². The van der Waals surface area contributed by atoms with Crippen molar-refractivity contribution in [1.82, 2.24) is 14.8 Å². The van der Waals surface area contributed by atoms with Crippen LogP contribution in [0.3, 0.4) is 0 Å². The van der Waals surface area contributed by atoms with Crippen LogP contribution in [0.5, 0.6) is 0 Å². The lowest BCUT2D eigenvalue weighted by Crippen LogP contribution is -2.41. The second-order valence-corrected chi connectivity index (χ2v) is 7.33. The van der Waals surface area contributed by atoms with E-state index in [-0.39, 0.29) is 35.6 Å². The summed E-state index contributed by atoms with van der Waals surface area (Å²) in [6.07, 6.45) is 0. The topological polar surface area (TPSA) is 65.9 Å². The molecule has 2 aromatic rings. The number of benzene rings is 1. The Labute approximate surface area is 157 Å². The predicted molar refractivity (Wildman–Crippen MR) is 98.9 cm³/mol. The molecule has 27 heavy (non-hydrogen) atoms. The number of morpholine rings is 1. The predicted octanol–water partition coefficient (Wildman–Crippen LogP) is 1.39. The van der Waals surface area contributed by atoms with Crippen LogP contribution in [0, 0.1) is 17.7 Å². The fourth-order valence-corrected chi connectivity index (χ4v) is 4.03. The molecule has 3 heterocycles. The molecule has 0 radical (unpaired) electrons. The summed E-state index contributed by atoms with van der Waals surface area (Å²) in [4.78, 5) is 21.2. The third kappa shape index (κ3) is 3.81. The Morgan fingerprint density at radius 2 is 1.96 bits per heavy atom. The highest BCUT2D eigenvalue weighted by molar-refractivity contribution is 5.95. The molecular formula is C20H24FN3O3. The monoisotopic (exact) mass is 373 g/mol. The molecule has 2 saturated heterocycles. The number of aliphatic hydroxyl groups excluding tert-OH is 1. The Bertz CT molecular complexity index is 825. The Balaban J connectivity index is 1.49. The summed E-state index contributed by atoms with van der Waals surface area (Å²) in [5.74, 6) is -0.367. The van der Waals surface area contributed by atoms with Gasteiger partial charge < -0.3 is 14.7 Å². The standard InChI is InChI=1S/C20H24FN3O3/c21-17-3-1-2-14-4-5-18(22-19(14)17)20(26)24-11-15(16(12-24)13-25)10-23-6-8-27-9-7-23/h1-5,15-16,25H,6-13H2/t15-,16-/m1/s1. The third-order valence-electron chi connectivity index (χ3n) is 5.58. The van der Waals surface area contributed by atoms with Gasteiger partial charge in [0.25, 0.3) is 5.91 Å². The molecule has 6 nitrogen and oxygen atoms in total. The van der Waals surface area contributed by atoms with E-state index in [9.17, 15) is 14.3 Å². The number of hydrogen-bond donors (Lipinski definition) is 1. The molecule has 1 aromatic heterocycles. The highest BCUT2D eigenvalue weighted by Gasteiger charge is 2.36. The van der Waals surface area contributed by atoms with Gasteiger partial charge in [-0.1, -0.05) is 18.2 Å². The molecule has 1 amide bonds. The molecular weight excluding hydrogens is 349 g/mol. The number of nitrogens with zero attached hydrogens (tertiary/aromatic N) is 3. The maximum atomic E-state index is 14.0. The molecule has 0 saturated carbocycles. The molecule has 7 heteroatoms. The molecule has 2 fully saturated rings. The summed E-state index contributed by atoms with van der Waals surface area (Å²) in [7, 11) is 0. The third-order valence-corrected chi connectivity index (χ3v) is 5.58. The van der Waals surface area contributed by atoms with Crippen molar-refractivity contribution in [3.63, 3.8) is 0 Å². The number of likely N-dealkylation sites (tertiary alicyclic amines) is 1. The quantitative estimate of drug-likeness (QED) is 0.877. The van der Waals surface area contributed by atoms with Gasteiger partial charge in [0, 0.05) is 50.6 Å². The SMILES string of the molecule is O=C(c1ccc2cccc(F)c2n1)N1C[C@@H](CN2CCOCC2)[C@@H](CO)C1. The summed E-state index contributed by atoms with van der Waals surface area (Å²) in [5.41, 5.74) is 0.461. The Morgan fingerprint density at radius 1 is 1.19 bits per heavy atom. The van der Waals surface area contributed by atoms with Crippen molar-refractivity contribution >= 4 is 16.8 Å². The van der Waals surface area contributed by atoms with E-state index >= 15 is 0 Å². The smallest absolute Gasteiger partial charge is 0.272 e. The first kappa shape index (κ1) is 18.3. The molecule has 144 valence electrons. The molecule has 1 aromatic carbocycles. The second kappa shape index (κ2) is 7.88. The van der Waals surface area contributed by atoms with Gasteiger partial charge in [-0.15, -0.1) is 0 Å². The number of amides is 1. The molecule has 0 unspecified atom stereocenters. The molecule has 0 spiro atoms. The van der Waals surface area contributed by atoms with Crippen LogP contribution in [-0.2, 0) is 4.74 Å². The number of fused-ring (bicyclic) bond motifs is 1. The van der Waals surface area contributed by atoms with Crippen LogP contribution in [-0.4, -0.2) is 78.3 Å². The fourth-order valence-electron chi connectivity index (χ4n) is 4.03. The first-order chi connectivity index (χ1) is 13.2. The van der Waals surface area contributed by atoms with E-state index in [0.717, 1.165) is 32.8 Å². The number of ether oxygens (including phenoxy) is 1. The van der Waals surface area contributed by atoms with Gasteiger partial charge in [-0.25, -0.2) is 9.37 Å². The lowest BCUT2D eigenvalue weighted by molar-refractivity contribution is 0.0264. The number of rotatable bonds is 4. The first-order valence-corrected chi connectivity index (χ1v) is 9.41. The van der Waals surface area contributed by atoms with Crippen molar-refractivity contribution in [2.45, 2.75) is 0 Å². The van der Waals surface area contributed by atoms with Gasteiger partial charge in [0.1, 0.15) is 17.0 Å². The number of pyridine rings is 1. The zero-order valence-corrected chi connectivity index (χ0v) is 15.2. The van der Waals surface area contributed by atoms with E-state index in [1.807, 2.05) is 0 Å². The van der Waals surface area contributed by atoms with E-state index < -0.39 is 5.82 Å². The number of carbonyl (C=O) groups excluding carboxylic acids is 1. The van der Waals surface area contributed by atoms with Crippen molar-refractivity contribution in [3.05, 3.63) is 41.8 Å². The summed E-state index contributed by atoms with van der Waals surface area (Å²) in [6.45, 7) is 5.20. The van der Waals surface area contributed by atoms with Gasteiger partial charge >= 0.3 is 0 Å². The van der Waals surface area contributed by atoms with E-state index in [1.54, 1.807) is 29.2 Å². The molecule has 0 bridgehead atoms. The van der Waals surface area contributed by atoms with Gasteiger partial charge in [0.05, 0.1) is 13.2 Å². The summed E-state index contributed by atoms with van der Waals surface area (Å²) < 4.78 is 19.4. The zero-order chi connectivity index (χ0) is 18.8. The molecule has 2 atom stereocenters. The summed E-state index contributed by atoms with van der Waals surface area (Å²) in [6, 6.07) is 8.12. The normalized spacial score (nSPS) is 23.9. The first-order valence-electron chi connectivity index (χ1n) is 9.41. The van der Waals surface area contributed by atoms with Gasteiger partial charge in [-0.3, -0.25) is 9.69 Å². The lowest BCUT2D eigenvalue weighted by Gasteiger charge is -2.30. The van der Waals surface area contributed by atoms with Gasteiger partial charge in [0.15, 0.2) is 0 Å². The summed E-state index contributed by atoms with van der Waals surface area (Å²) >= 11 is 0. The number of aliphatic hydroxyl groups is 1. The summed E-state index contributed by atoms with van der Waals surface area (Å²) in [5, 5.41) is 10.4. The minimum absolute atomic E-state index is 0.0500. The highest BCUT2D eigenvalue weighted by Crippen LogP contribution is 2.26. The second-order valence-electron chi connectivity index (χ2n) is 7.33. The van der Waals surface area contributed by atoms with E-state index in [4.69, 9.17) is 4.74 Å². The van der Waals surface area contributed by atoms with Crippen molar-refractivity contribution in [2.24, 2.45) is 11.8 Å².